The van der Waals surface area contributed by atoms with Crippen LogP contribution in [0, 0.1) is 5.82 Å². The summed E-state index contributed by atoms with van der Waals surface area (Å²) in [6, 6.07) is 7.77. The molecule has 0 spiro atoms. The molecule has 88 valence electrons. The summed E-state index contributed by atoms with van der Waals surface area (Å²) in [7, 11) is 1.78. The molecule has 0 unspecified atom stereocenters. The third kappa shape index (κ3) is 2.85. The maximum Gasteiger partial charge on any atom is 0.127 e. The van der Waals surface area contributed by atoms with Gasteiger partial charge in [-0.05, 0) is 24.3 Å². The molecule has 0 saturated carbocycles. The smallest absolute Gasteiger partial charge is 0.127 e. The van der Waals surface area contributed by atoms with Gasteiger partial charge in [0.2, 0.25) is 0 Å². The summed E-state index contributed by atoms with van der Waals surface area (Å²) in [5.41, 5.74) is 1.32. The van der Waals surface area contributed by atoms with Crippen molar-refractivity contribution in [3.63, 3.8) is 0 Å². The lowest BCUT2D eigenvalue weighted by molar-refractivity contribution is 0.628. The van der Waals surface area contributed by atoms with Crippen molar-refractivity contribution in [3.05, 3.63) is 47.4 Å². The Hall–Kier alpha value is -1.81. The quantitative estimate of drug-likeness (QED) is 0.874. The summed E-state index contributed by atoms with van der Waals surface area (Å²) < 4.78 is 13.1. The highest BCUT2D eigenvalue weighted by Crippen LogP contribution is 2.26. The van der Waals surface area contributed by atoms with Gasteiger partial charge < -0.3 is 10.6 Å². The molecule has 0 atom stereocenters. The van der Waals surface area contributed by atoms with E-state index in [0.29, 0.717) is 10.7 Å². The van der Waals surface area contributed by atoms with E-state index < -0.39 is 0 Å². The number of halogens is 2. The second-order valence-electron chi connectivity index (χ2n) is 3.43. The van der Waals surface area contributed by atoms with Crippen LogP contribution in [0.4, 0.5) is 21.6 Å². The Bertz CT molecular complexity index is 531. The molecule has 2 N–H and O–H groups in total. The maximum absolute atomic E-state index is 13.1. The van der Waals surface area contributed by atoms with Crippen LogP contribution >= 0.6 is 11.6 Å². The molecule has 0 aliphatic carbocycles. The van der Waals surface area contributed by atoms with Crippen LogP contribution in [0.15, 0.2) is 36.5 Å². The van der Waals surface area contributed by atoms with Gasteiger partial charge in [-0.3, -0.25) is 0 Å². The third-order valence-electron chi connectivity index (χ3n) is 2.22. The highest BCUT2D eigenvalue weighted by molar-refractivity contribution is 6.33. The van der Waals surface area contributed by atoms with E-state index in [2.05, 4.69) is 15.6 Å². The van der Waals surface area contributed by atoms with Crippen molar-refractivity contribution in [2.45, 2.75) is 0 Å². The molecule has 0 saturated heterocycles. The Morgan fingerprint density at radius 2 is 2.06 bits per heavy atom. The number of pyridine rings is 1. The molecule has 2 rings (SSSR count). The van der Waals surface area contributed by atoms with Crippen molar-refractivity contribution in [1.29, 1.82) is 0 Å². The molecule has 3 nitrogen and oxygen atoms in total. The molecular formula is C12H11ClFN3. The monoisotopic (exact) mass is 251 g/mol. The summed E-state index contributed by atoms with van der Waals surface area (Å²) >= 11 is 5.96. The van der Waals surface area contributed by atoms with E-state index in [4.69, 9.17) is 11.6 Å². The number of benzene rings is 1. The van der Waals surface area contributed by atoms with E-state index in [9.17, 15) is 4.39 Å². The Morgan fingerprint density at radius 3 is 2.82 bits per heavy atom. The molecule has 1 aromatic heterocycles. The second-order valence-corrected chi connectivity index (χ2v) is 3.84. The fourth-order valence-corrected chi connectivity index (χ4v) is 1.56. The van der Waals surface area contributed by atoms with Crippen molar-refractivity contribution in [1.82, 2.24) is 4.98 Å². The van der Waals surface area contributed by atoms with Gasteiger partial charge in [0.05, 0.1) is 10.7 Å². The predicted octanol–water partition coefficient (Wildman–Crippen LogP) is 3.66. The number of hydrogen-bond donors (Lipinski definition) is 2. The lowest BCUT2D eigenvalue weighted by Crippen LogP contribution is -1.96. The normalized spacial score (nSPS) is 10.1. The SMILES string of the molecule is CNc1cc(Nc2cc(F)ccc2Cl)ccn1. The standard InChI is InChI=1S/C12H11ClFN3/c1-15-12-7-9(4-5-16-12)17-11-6-8(14)2-3-10(11)13/h2-7H,1H3,(H2,15,16,17). The maximum atomic E-state index is 13.1. The fraction of sp³-hybridized carbons (Fsp3) is 0.0833. The predicted molar refractivity (Wildman–Crippen MR) is 68.5 cm³/mol. The summed E-state index contributed by atoms with van der Waals surface area (Å²) in [6.45, 7) is 0. The van der Waals surface area contributed by atoms with Crippen LogP contribution in [0.1, 0.15) is 0 Å². The molecule has 1 aromatic carbocycles. The molecule has 0 fully saturated rings. The lowest BCUT2D eigenvalue weighted by atomic mass is 10.3. The lowest BCUT2D eigenvalue weighted by Gasteiger charge is -2.09. The minimum absolute atomic E-state index is 0.334. The first-order chi connectivity index (χ1) is 8.19. The summed E-state index contributed by atoms with van der Waals surface area (Å²) in [6.07, 6.45) is 1.65. The highest BCUT2D eigenvalue weighted by atomic mass is 35.5. The molecule has 0 radical (unpaired) electrons. The Morgan fingerprint density at radius 1 is 1.24 bits per heavy atom. The van der Waals surface area contributed by atoms with Gasteiger partial charge in [0.25, 0.3) is 0 Å². The molecule has 0 amide bonds. The zero-order valence-electron chi connectivity index (χ0n) is 9.17. The van der Waals surface area contributed by atoms with Gasteiger partial charge in [-0.2, -0.15) is 0 Å². The minimum Gasteiger partial charge on any atom is -0.373 e. The zero-order valence-corrected chi connectivity index (χ0v) is 9.92. The minimum atomic E-state index is -0.334. The summed E-state index contributed by atoms with van der Waals surface area (Å²) in [4.78, 5) is 4.08. The number of nitrogens with one attached hydrogen (secondary N) is 2. The van der Waals surface area contributed by atoms with Crippen molar-refractivity contribution in [3.8, 4) is 0 Å². The van der Waals surface area contributed by atoms with E-state index in [1.807, 2.05) is 0 Å². The van der Waals surface area contributed by atoms with Crippen molar-refractivity contribution >= 4 is 28.8 Å². The van der Waals surface area contributed by atoms with Crippen molar-refractivity contribution in [2.24, 2.45) is 0 Å². The molecule has 5 heteroatoms. The zero-order chi connectivity index (χ0) is 12.3. The van der Waals surface area contributed by atoms with Gasteiger partial charge in [0.15, 0.2) is 0 Å². The first kappa shape index (κ1) is 11.7. The summed E-state index contributed by atoms with van der Waals surface area (Å²) in [5, 5.41) is 6.42. The first-order valence-corrected chi connectivity index (χ1v) is 5.43. The molecule has 17 heavy (non-hydrogen) atoms. The van der Waals surface area contributed by atoms with Crippen LogP contribution in [0.25, 0.3) is 0 Å². The van der Waals surface area contributed by atoms with Crippen LogP contribution in [0.2, 0.25) is 5.02 Å². The van der Waals surface area contributed by atoms with Crippen LogP contribution in [-0.4, -0.2) is 12.0 Å². The average molecular weight is 252 g/mol. The van der Waals surface area contributed by atoms with Crippen LogP contribution < -0.4 is 10.6 Å². The number of aromatic nitrogens is 1. The Labute approximate surface area is 104 Å². The molecular weight excluding hydrogens is 241 g/mol. The van der Waals surface area contributed by atoms with Crippen molar-refractivity contribution < 1.29 is 4.39 Å². The van der Waals surface area contributed by atoms with E-state index in [-0.39, 0.29) is 5.82 Å². The van der Waals surface area contributed by atoms with Crippen LogP contribution in [-0.2, 0) is 0 Å². The van der Waals surface area contributed by atoms with Gasteiger partial charge in [-0.1, -0.05) is 11.6 Å². The average Bonchev–Trinajstić information content (AvgIpc) is 2.34. The molecule has 1 heterocycles. The number of rotatable bonds is 3. The third-order valence-corrected chi connectivity index (χ3v) is 2.55. The van der Waals surface area contributed by atoms with Gasteiger partial charge >= 0.3 is 0 Å². The number of anilines is 3. The largest absolute Gasteiger partial charge is 0.373 e. The molecule has 0 bridgehead atoms. The fourth-order valence-electron chi connectivity index (χ4n) is 1.39. The summed E-state index contributed by atoms with van der Waals surface area (Å²) in [5.74, 6) is 0.391. The van der Waals surface area contributed by atoms with Crippen LogP contribution in [0.5, 0.6) is 0 Å². The van der Waals surface area contributed by atoms with E-state index in [0.717, 1.165) is 11.5 Å². The second kappa shape index (κ2) is 5.01. The Balaban J connectivity index is 2.27. The molecule has 0 aliphatic heterocycles. The molecule has 2 aromatic rings. The van der Waals surface area contributed by atoms with E-state index in [1.54, 1.807) is 25.4 Å². The number of nitrogens with zero attached hydrogens (tertiary/aromatic N) is 1. The van der Waals surface area contributed by atoms with Crippen molar-refractivity contribution in [2.75, 3.05) is 17.7 Å². The Kier molecular flexibility index (Phi) is 3.44. The van der Waals surface area contributed by atoms with Gasteiger partial charge in [-0.25, -0.2) is 9.37 Å². The van der Waals surface area contributed by atoms with E-state index >= 15 is 0 Å². The van der Waals surface area contributed by atoms with Gasteiger partial charge in [0, 0.05) is 25.0 Å². The number of hydrogen-bond acceptors (Lipinski definition) is 3. The van der Waals surface area contributed by atoms with Gasteiger partial charge in [0.1, 0.15) is 11.6 Å². The highest BCUT2D eigenvalue weighted by Gasteiger charge is 2.03. The first-order valence-electron chi connectivity index (χ1n) is 5.05. The van der Waals surface area contributed by atoms with Crippen LogP contribution in [0.3, 0.4) is 0 Å². The topological polar surface area (TPSA) is 37.0 Å². The van der Waals surface area contributed by atoms with Gasteiger partial charge in [-0.15, -0.1) is 0 Å². The molecule has 0 aliphatic rings. The van der Waals surface area contributed by atoms with E-state index in [1.165, 1.54) is 18.2 Å².